The maximum absolute atomic E-state index is 12.9. The molecule has 2 aromatic carbocycles. The number of anilines is 1. The molecule has 0 saturated carbocycles. The fourth-order valence-electron chi connectivity index (χ4n) is 3.15. The molecule has 0 unspecified atom stereocenters. The first-order valence-corrected chi connectivity index (χ1v) is 11.3. The third-order valence-corrected chi connectivity index (χ3v) is 7.41. The number of hydrogen-bond acceptors (Lipinski definition) is 4. The third kappa shape index (κ3) is 4.39. The predicted molar refractivity (Wildman–Crippen MR) is 112 cm³/mol. The molecule has 0 atom stereocenters. The van der Waals surface area contributed by atoms with Crippen molar-refractivity contribution in [2.45, 2.75) is 31.1 Å². The summed E-state index contributed by atoms with van der Waals surface area (Å²) in [5.41, 5.74) is 1.66. The molecule has 0 aliphatic carbocycles. The summed E-state index contributed by atoms with van der Waals surface area (Å²) in [7, 11) is -2.04. The molecular weight excluding hydrogens is 444 g/mol. The molecule has 8 heteroatoms. The zero-order valence-electron chi connectivity index (χ0n) is 15.9. The van der Waals surface area contributed by atoms with E-state index >= 15 is 0 Å². The van der Waals surface area contributed by atoms with Gasteiger partial charge in [0.25, 0.3) is 5.91 Å². The summed E-state index contributed by atoms with van der Waals surface area (Å²) in [6.45, 7) is 2.90. The molecule has 1 saturated heterocycles. The molecule has 150 valence electrons. The van der Waals surface area contributed by atoms with E-state index in [-0.39, 0.29) is 10.8 Å². The van der Waals surface area contributed by atoms with E-state index in [1.165, 1.54) is 17.5 Å². The molecule has 1 aliphatic rings. The molecule has 0 spiro atoms. The number of methoxy groups -OCH3 is 1. The van der Waals surface area contributed by atoms with Crippen LogP contribution in [-0.2, 0) is 10.0 Å². The average molecular weight is 467 g/mol. The Hall–Kier alpha value is -1.90. The van der Waals surface area contributed by atoms with Gasteiger partial charge >= 0.3 is 0 Å². The lowest BCUT2D eigenvalue weighted by Gasteiger charge is -2.26. The molecule has 0 aromatic heterocycles. The molecule has 0 radical (unpaired) electrons. The highest BCUT2D eigenvalue weighted by Gasteiger charge is 2.26. The highest BCUT2D eigenvalue weighted by molar-refractivity contribution is 9.10. The fraction of sp³-hybridized carbons (Fsp3) is 0.350. The molecule has 2 aromatic rings. The molecule has 1 heterocycles. The number of aryl methyl sites for hydroxylation is 1. The number of piperidine rings is 1. The van der Waals surface area contributed by atoms with Crippen molar-refractivity contribution in [1.82, 2.24) is 4.31 Å². The van der Waals surface area contributed by atoms with E-state index in [2.05, 4.69) is 21.2 Å². The first-order valence-electron chi connectivity index (χ1n) is 9.08. The molecule has 3 rings (SSSR count). The van der Waals surface area contributed by atoms with Gasteiger partial charge in [-0.3, -0.25) is 4.79 Å². The topological polar surface area (TPSA) is 75.7 Å². The lowest BCUT2D eigenvalue weighted by atomic mass is 10.1. The minimum atomic E-state index is -3.57. The van der Waals surface area contributed by atoms with Gasteiger partial charge < -0.3 is 10.1 Å². The Bertz CT molecular complexity index is 986. The summed E-state index contributed by atoms with van der Waals surface area (Å²) in [6.07, 6.45) is 2.80. The van der Waals surface area contributed by atoms with Crippen LogP contribution in [0.5, 0.6) is 5.75 Å². The number of nitrogens with zero attached hydrogens (tertiary/aromatic N) is 1. The van der Waals surface area contributed by atoms with Gasteiger partial charge in [-0.25, -0.2) is 8.42 Å². The quantitative estimate of drug-likeness (QED) is 0.716. The van der Waals surface area contributed by atoms with Crippen LogP contribution in [0.15, 0.2) is 45.8 Å². The van der Waals surface area contributed by atoms with Gasteiger partial charge in [-0.05, 0) is 71.6 Å². The van der Waals surface area contributed by atoms with Gasteiger partial charge in [0, 0.05) is 23.2 Å². The Labute approximate surface area is 174 Å². The van der Waals surface area contributed by atoms with E-state index in [0.717, 1.165) is 24.8 Å². The van der Waals surface area contributed by atoms with E-state index in [1.54, 1.807) is 30.3 Å². The molecule has 1 amide bonds. The van der Waals surface area contributed by atoms with Crippen LogP contribution in [0.2, 0.25) is 0 Å². The standard InChI is InChI=1S/C20H23BrN2O4S/c1-14-6-8-16(28(25,26)23-10-4-3-5-11-23)13-19(14)22-20(24)17-12-15(27-2)7-9-18(17)21/h6-9,12-13H,3-5,10-11H2,1-2H3,(H,22,24). The molecule has 0 bridgehead atoms. The summed E-state index contributed by atoms with van der Waals surface area (Å²) in [5, 5.41) is 2.83. The Morgan fingerprint density at radius 2 is 1.82 bits per heavy atom. The monoisotopic (exact) mass is 466 g/mol. The fourth-order valence-corrected chi connectivity index (χ4v) is 5.12. The summed E-state index contributed by atoms with van der Waals surface area (Å²) < 4.78 is 33.2. The number of amides is 1. The van der Waals surface area contributed by atoms with Gasteiger partial charge in [0.2, 0.25) is 10.0 Å². The second kappa shape index (κ2) is 8.63. The zero-order valence-corrected chi connectivity index (χ0v) is 18.3. The zero-order chi connectivity index (χ0) is 20.3. The summed E-state index contributed by atoms with van der Waals surface area (Å²) in [5.74, 6) is 0.216. The van der Waals surface area contributed by atoms with E-state index in [9.17, 15) is 13.2 Å². The Balaban J connectivity index is 1.89. The van der Waals surface area contributed by atoms with Crippen molar-refractivity contribution >= 4 is 37.5 Å². The number of carbonyl (C=O) groups excluding carboxylic acids is 1. The smallest absolute Gasteiger partial charge is 0.256 e. The van der Waals surface area contributed by atoms with Gasteiger partial charge in [0.1, 0.15) is 5.75 Å². The van der Waals surface area contributed by atoms with Crippen molar-refractivity contribution in [3.63, 3.8) is 0 Å². The van der Waals surface area contributed by atoms with E-state index in [0.29, 0.717) is 34.6 Å². The lowest BCUT2D eigenvalue weighted by molar-refractivity contribution is 0.102. The van der Waals surface area contributed by atoms with Gasteiger partial charge in [-0.2, -0.15) is 4.31 Å². The average Bonchev–Trinajstić information content (AvgIpc) is 2.70. The normalized spacial score (nSPS) is 15.2. The maximum Gasteiger partial charge on any atom is 0.256 e. The van der Waals surface area contributed by atoms with Crippen LogP contribution in [0.25, 0.3) is 0 Å². The summed E-state index contributed by atoms with van der Waals surface area (Å²) >= 11 is 3.37. The van der Waals surface area contributed by atoms with Crippen LogP contribution in [0.3, 0.4) is 0 Å². The number of nitrogens with one attached hydrogen (secondary N) is 1. The van der Waals surface area contributed by atoms with Crippen molar-refractivity contribution in [2.24, 2.45) is 0 Å². The van der Waals surface area contributed by atoms with Crippen LogP contribution in [0.1, 0.15) is 35.2 Å². The number of ether oxygens (including phenoxy) is 1. The number of benzene rings is 2. The highest BCUT2D eigenvalue weighted by atomic mass is 79.9. The van der Waals surface area contributed by atoms with Crippen molar-refractivity contribution < 1.29 is 17.9 Å². The largest absolute Gasteiger partial charge is 0.497 e. The summed E-state index contributed by atoms with van der Waals surface area (Å²) in [4.78, 5) is 13.0. The first-order chi connectivity index (χ1) is 13.3. The van der Waals surface area contributed by atoms with E-state index in [4.69, 9.17) is 4.74 Å². The van der Waals surface area contributed by atoms with Crippen molar-refractivity contribution in [1.29, 1.82) is 0 Å². The molecule has 1 N–H and O–H groups in total. The van der Waals surface area contributed by atoms with Crippen LogP contribution < -0.4 is 10.1 Å². The third-order valence-electron chi connectivity index (χ3n) is 4.83. The van der Waals surface area contributed by atoms with Gasteiger partial charge in [0.05, 0.1) is 17.6 Å². The second-order valence-corrected chi connectivity index (χ2v) is 9.53. The maximum atomic E-state index is 12.9. The van der Waals surface area contributed by atoms with Crippen LogP contribution in [-0.4, -0.2) is 38.8 Å². The molecule has 1 aliphatic heterocycles. The summed E-state index contributed by atoms with van der Waals surface area (Å²) in [6, 6.07) is 9.95. The van der Waals surface area contributed by atoms with Crippen molar-refractivity contribution in [3.8, 4) is 5.75 Å². The molecule has 1 fully saturated rings. The Morgan fingerprint density at radius 1 is 1.11 bits per heavy atom. The van der Waals surface area contributed by atoms with Crippen LogP contribution in [0.4, 0.5) is 5.69 Å². The van der Waals surface area contributed by atoms with Crippen molar-refractivity contribution in [2.75, 3.05) is 25.5 Å². The van der Waals surface area contributed by atoms with Crippen LogP contribution in [0, 0.1) is 6.92 Å². The SMILES string of the molecule is COc1ccc(Br)c(C(=O)Nc2cc(S(=O)(=O)N3CCCCC3)ccc2C)c1. The number of sulfonamides is 1. The number of rotatable bonds is 5. The number of hydrogen-bond donors (Lipinski definition) is 1. The minimum Gasteiger partial charge on any atom is -0.497 e. The lowest BCUT2D eigenvalue weighted by Crippen LogP contribution is -2.35. The number of carbonyl (C=O) groups is 1. The van der Waals surface area contributed by atoms with Crippen molar-refractivity contribution in [3.05, 3.63) is 52.0 Å². The highest BCUT2D eigenvalue weighted by Crippen LogP contribution is 2.27. The molecule has 6 nitrogen and oxygen atoms in total. The van der Waals surface area contributed by atoms with E-state index < -0.39 is 10.0 Å². The van der Waals surface area contributed by atoms with Gasteiger partial charge in [0.15, 0.2) is 0 Å². The second-order valence-electron chi connectivity index (χ2n) is 6.74. The van der Waals surface area contributed by atoms with E-state index in [1.807, 2.05) is 6.92 Å². The molecule has 28 heavy (non-hydrogen) atoms. The Morgan fingerprint density at radius 3 is 2.50 bits per heavy atom. The number of halogens is 1. The Kier molecular flexibility index (Phi) is 6.42. The predicted octanol–water partition coefficient (Wildman–Crippen LogP) is 4.19. The first kappa shape index (κ1) is 20.8. The van der Waals surface area contributed by atoms with Gasteiger partial charge in [-0.1, -0.05) is 12.5 Å². The minimum absolute atomic E-state index is 0.194. The van der Waals surface area contributed by atoms with Crippen LogP contribution >= 0.6 is 15.9 Å². The van der Waals surface area contributed by atoms with Gasteiger partial charge in [-0.15, -0.1) is 0 Å². The molecular formula is C20H23BrN2O4S.